The van der Waals surface area contributed by atoms with Gasteiger partial charge in [0.1, 0.15) is 5.75 Å². The molecule has 0 atom stereocenters. The van der Waals surface area contributed by atoms with E-state index in [2.05, 4.69) is 10.1 Å². The molecule has 0 saturated heterocycles. The van der Waals surface area contributed by atoms with Crippen molar-refractivity contribution in [3.05, 3.63) is 91.8 Å². The third-order valence-electron chi connectivity index (χ3n) is 4.50. The molecule has 9 heteroatoms. The summed E-state index contributed by atoms with van der Waals surface area (Å²) in [6.45, 7) is 0. The molecule has 31 heavy (non-hydrogen) atoms. The zero-order valence-corrected chi connectivity index (χ0v) is 17.8. The molecule has 0 spiro atoms. The Balaban J connectivity index is 1.93. The highest BCUT2D eigenvalue weighted by atomic mass is 127. The van der Waals surface area contributed by atoms with Gasteiger partial charge in [-0.25, -0.2) is 4.98 Å². The van der Waals surface area contributed by atoms with Crippen molar-refractivity contribution in [2.24, 2.45) is 5.10 Å². The van der Waals surface area contributed by atoms with Crippen molar-refractivity contribution < 1.29 is 18.3 Å². The van der Waals surface area contributed by atoms with Gasteiger partial charge in [-0.3, -0.25) is 4.79 Å². The molecule has 1 N–H and O–H groups in total. The molecular weight excluding hydrogens is 522 g/mol. The Labute approximate surface area is 187 Å². The Kier molecular flexibility index (Phi) is 5.52. The normalized spacial score (nSPS) is 12.0. The smallest absolute Gasteiger partial charge is 0.416 e. The van der Waals surface area contributed by atoms with E-state index in [-0.39, 0.29) is 22.5 Å². The predicted molar refractivity (Wildman–Crippen MR) is 120 cm³/mol. The third-order valence-corrected chi connectivity index (χ3v) is 5.36. The summed E-state index contributed by atoms with van der Waals surface area (Å²) in [4.78, 5) is 17.5. The van der Waals surface area contributed by atoms with E-state index in [9.17, 15) is 23.1 Å². The van der Waals surface area contributed by atoms with Crippen LogP contribution in [-0.2, 0) is 6.18 Å². The predicted octanol–water partition coefficient (Wildman–Crippen LogP) is 5.27. The van der Waals surface area contributed by atoms with E-state index in [0.29, 0.717) is 14.7 Å². The van der Waals surface area contributed by atoms with E-state index in [1.165, 1.54) is 24.4 Å². The highest BCUT2D eigenvalue weighted by Gasteiger charge is 2.30. The summed E-state index contributed by atoms with van der Waals surface area (Å²) in [5.41, 5.74) is -0.309. The van der Waals surface area contributed by atoms with E-state index in [1.807, 2.05) is 22.6 Å². The maximum Gasteiger partial charge on any atom is 0.416 e. The van der Waals surface area contributed by atoms with Gasteiger partial charge in [-0.05, 0) is 70.6 Å². The standard InChI is InChI=1S/C22H13F3IN3O2/c23-22(24,25)15-5-3-4-14(11-15)20-28-18-7-2-1-6-16(18)21(31)29(20)27-12-13-8-9-19(30)17(26)10-13/h1-12,30H. The maximum atomic E-state index is 13.2. The number of aromatic hydroxyl groups is 1. The summed E-state index contributed by atoms with van der Waals surface area (Å²) < 4.78 is 41.2. The number of hydrogen-bond donors (Lipinski definition) is 1. The molecule has 0 unspecified atom stereocenters. The minimum atomic E-state index is -4.54. The average Bonchev–Trinajstić information content (AvgIpc) is 2.75. The van der Waals surface area contributed by atoms with Crippen molar-refractivity contribution in [2.75, 3.05) is 0 Å². The first kappa shape index (κ1) is 21.0. The number of nitrogens with zero attached hydrogens (tertiary/aromatic N) is 3. The van der Waals surface area contributed by atoms with Crippen molar-refractivity contribution in [1.29, 1.82) is 0 Å². The molecule has 0 bridgehead atoms. The topological polar surface area (TPSA) is 67.5 Å². The van der Waals surface area contributed by atoms with E-state index in [4.69, 9.17) is 0 Å². The van der Waals surface area contributed by atoms with Crippen LogP contribution in [0.15, 0.2) is 76.6 Å². The van der Waals surface area contributed by atoms with Crippen LogP contribution in [0.3, 0.4) is 0 Å². The summed E-state index contributed by atoms with van der Waals surface area (Å²) >= 11 is 1.95. The van der Waals surface area contributed by atoms with Gasteiger partial charge in [-0.2, -0.15) is 22.9 Å². The molecule has 3 aromatic carbocycles. The van der Waals surface area contributed by atoms with Gasteiger partial charge in [-0.15, -0.1) is 0 Å². The Morgan fingerprint density at radius 3 is 2.55 bits per heavy atom. The molecule has 1 heterocycles. The van der Waals surface area contributed by atoms with Gasteiger partial charge in [0.25, 0.3) is 5.56 Å². The first-order valence-corrected chi connectivity index (χ1v) is 10.0. The van der Waals surface area contributed by atoms with Crippen molar-refractivity contribution in [3.8, 4) is 17.1 Å². The molecule has 4 rings (SSSR count). The van der Waals surface area contributed by atoms with E-state index >= 15 is 0 Å². The number of alkyl halides is 3. The number of hydrogen-bond acceptors (Lipinski definition) is 4. The van der Waals surface area contributed by atoms with Gasteiger partial charge in [0, 0.05) is 5.56 Å². The molecule has 1 aromatic heterocycles. The van der Waals surface area contributed by atoms with Gasteiger partial charge < -0.3 is 5.11 Å². The van der Waals surface area contributed by atoms with Crippen LogP contribution in [0.1, 0.15) is 11.1 Å². The van der Waals surface area contributed by atoms with Crippen molar-refractivity contribution in [3.63, 3.8) is 0 Å². The number of fused-ring (bicyclic) bond motifs is 1. The van der Waals surface area contributed by atoms with Gasteiger partial charge in [0.2, 0.25) is 0 Å². The molecule has 0 radical (unpaired) electrons. The lowest BCUT2D eigenvalue weighted by atomic mass is 10.1. The summed E-state index contributed by atoms with van der Waals surface area (Å²) in [6, 6.07) is 15.9. The van der Waals surface area contributed by atoms with Crippen LogP contribution in [0.5, 0.6) is 5.75 Å². The number of aromatic nitrogens is 2. The monoisotopic (exact) mass is 535 g/mol. The number of para-hydroxylation sites is 1. The molecule has 156 valence electrons. The fourth-order valence-electron chi connectivity index (χ4n) is 2.98. The molecular formula is C22H13F3IN3O2. The zero-order valence-electron chi connectivity index (χ0n) is 15.6. The molecule has 0 aliphatic heterocycles. The lowest BCUT2D eigenvalue weighted by Crippen LogP contribution is -2.20. The first-order valence-electron chi connectivity index (χ1n) is 8.96. The van der Waals surface area contributed by atoms with Gasteiger partial charge >= 0.3 is 6.18 Å². The number of phenolic OH excluding ortho intramolecular Hbond substituents is 1. The second-order valence-electron chi connectivity index (χ2n) is 6.60. The molecule has 0 fully saturated rings. The molecule has 0 saturated carbocycles. The van der Waals surface area contributed by atoms with Crippen LogP contribution in [0, 0.1) is 3.57 Å². The fourth-order valence-corrected chi connectivity index (χ4v) is 3.52. The lowest BCUT2D eigenvalue weighted by molar-refractivity contribution is -0.137. The molecule has 0 aliphatic rings. The molecule has 0 amide bonds. The van der Waals surface area contributed by atoms with E-state index in [1.54, 1.807) is 36.4 Å². The van der Waals surface area contributed by atoms with Crippen LogP contribution in [0.4, 0.5) is 13.2 Å². The minimum Gasteiger partial charge on any atom is -0.507 e. The summed E-state index contributed by atoms with van der Waals surface area (Å²) in [6.07, 6.45) is -3.15. The van der Waals surface area contributed by atoms with E-state index < -0.39 is 17.3 Å². The maximum absolute atomic E-state index is 13.2. The van der Waals surface area contributed by atoms with Crippen molar-refractivity contribution >= 4 is 39.7 Å². The van der Waals surface area contributed by atoms with E-state index in [0.717, 1.165) is 16.8 Å². The first-order chi connectivity index (χ1) is 14.7. The Hall–Kier alpha value is -3.21. The number of halogens is 4. The number of rotatable bonds is 3. The van der Waals surface area contributed by atoms with Crippen LogP contribution < -0.4 is 5.56 Å². The fraction of sp³-hybridized carbons (Fsp3) is 0.0455. The van der Waals surface area contributed by atoms with Gasteiger partial charge in [0.15, 0.2) is 5.82 Å². The van der Waals surface area contributed by atoms with Crippen LogP contribution in [0.2, 0.25) is 0 Å². The van der Waals surface area contributed by atoms with Crippen LogP contribution in [0.25, 0.3) is 22.3 Å². The Bertz CT molecular complexity index is 1380. The molecule has 4 aromatic rings. The van der Waals surface area contributed by atoms with Crippen LogP contribution >= 0.6 is 22.6 Å². The van der Waals surface area contributed by atoms with Gasteiger partial charge in [0.05, 0.1) is 26.3 Å². The highest BCUT2D eigenvalue weighted by molar-refractivity contribution is 14.1. The summed E-state index contributed by atoms with van der Waals surface area (Å²) in [7, 11) is 0. The SMILES string of the molecule is O=c1c2ccccc2nc(-c2cccc(C(F)(F)F)c2)n1N=Cc1ccc(O)c(I)c1. The minimum absolute atomic E-state index is 0.0143. The largest absolute Gasteiger partial charge is 0.507 e. The van der Waals surface area contributed by atoms with Gasteiger partial charge in [-0.1, -0.05) is 24.3 Å². The second-order valence-corrected chi connectivity index (χ2v) is 7.77. The summed E-state index contributed by atoms with van der Waals surface area (Å²) in [5.74, 6) is 0.0893. The van der Waals surface area contributed by atoms with Crippen molar-refractivity contribution in [1.82, 2.24) is 9.66 Å². The lowest BCUT2D eigenvalue weighted by Gasteiger charge is -2.12. The van der Waals surface area contributed by atoms with Crippen molar-refractivity contribution in [2.45, 2.75) is 6.18 Å². The highest BCUT2D eigenvalue weighted by Crippen LogP contribution is 2.32. The summed E-state index contributed by atoms with van der Waals surface area (Å²) in [5, 5.41) is 14.2. The number of phenols is 1. The molecule has 0 aliphatic carbocycles. The Morgan fingerprint density at radius 1 is 1.03 bits per heavy atom. The second kappa shape index (κ2) is 8.14. The van der Waals surface area contributed by atoms with Crippen LogP contribution in [-0.4, -0.2) is 21.0 Å². The number of benzene rings is 3. The zero-order chi connectivity index (χ0) is 22.2. The quantitative estimate of drug-likeness (QED) is 0.287. The third kappa shape index (κ3) is 4.31. The Morgan fingerprint density at radius 2 is 1.81 bits per heavy atom. The average molecular weight is 535 g/mol. The molecule has 5 nitrogen and oxygen atoms in total.